The van der Waals surface area contributed by atoms with E-state index in [2.05, 4.69) is 10.1 Å². The van der Waals surface area contributed by atoms with Crippen LogP contribution in [0.3, 0.4) is 0 Å². The van der Waals surface area contributed by atoms with Gasteiger partial charge in [0.2, 0.25) is 0 Å². The first kappa shape index (κ1) is 16.8. The fourth-order valence-electron chi connectivity index (χ4n) is 2.76. The summed E-state index contributed by atoms with van der Waals surface area (Å²) in [5.41, 5.74) is 3.55. The van der Waals surface area contributed by atoms with E-state index in [4.69, 9.17) is 4.74 Å². The van der Waals surface area contributed by atoms with Crippen molar-refractivity contribution in [2.24, 2.45) is 4.99 Å². The Morgan fingerprint density at radius 2 is 1.80 bits per heavy atom. The monoisotopic (exact) mass is 335 g/mol. The minimum atomic E-state index is -0.101. The maximum atomic E-state index is 12.8. The number of aromatic amines is 1. The molecule has 0 saturated heterocycles. The first-order valence-electron chi connectivity index (χ1n) is 8.25. The van der Waals surface area contributed by atoms with Gasteiger partial charge in [-0.05, 0) is 57.2 Å². The van der Waals surface area contributed by atoms with Crippen LogP contribution in [0.4, 0.5) is 5.69 Å². The fourth-order valence-corrected chi connectivity index (χ4v) is 2.76. The summed E-state index contributed by atoms with van der Waals surface area (Å²) in [6.45, 7) is 6.31. The van der Waals surface area contributed by atoms with Crippen LogP contribution in [0.5, 0.6) is 5.75 Å². The van der Waals surface area contributed by atoms with Gasteiger partial charge in [0.1, 0.15) is 5.75 Å². The quantitative estimate of drug-likeness (QED) is 0.716. The lowest BCUT2D eigenvalue weighted by Crippen LogP contribution is -2.19. The lowest BCUT2D eigenvalue weighted by molar-refractivity contribution is 0.340. The maximum Gasteiger partial charge on any atom is 0.280 e. The molecule has 0 unspecified atom stereocenters. The van der Waals surface area contributed by atoms with Crippen LogP contribution in [0, 0.1) is 6.92 Å². The van der Waals surface area contributed by atoms with Crippen LogP contribution < -0.4 is 10.3 Å². The SMILES string of the molecule is CCOc1ccc(N=C(C)c2c(C)[nH]n(-c3ccccc3)c2=O)cc1. The van der Waals surface area contributed by atoms with Crippen LogP contribution >= 0.6 is 0 Å². The molecule has 0 fully saturated rings. The second-order valence-corrected chi connectivity index (χ2v) is 5.71. The normalized spacial score (nSPS) is 11.6. The summed E-state index contributed by atoms with van der Waals surface area (Å²) in [5, 5.41) is 3.13. The Balaban J connectivity index is 1.96. The van der Waals surface area contributed by atoms with E-state index in [0.717, 1.165) is 22.8 Å². The van der Waals surface area contributed by atoms with Crippen LogP contribution in [0.1, 0.15) is 25.1 Å². The number of aryl methyl sites for hydroxylation is 1. The Labute approximate surface area is 146 Å². The molecule has 128 valence electrons. The molecule has 0 bridgehead atoms. The number of ether oxygens (including phenoxy) is 1. The minimum absolute atomic E-state index is 0.101. The molecule has 0 aliphatic rings. The molecule has 5 heteroatoms. The average Bonchev–Trinajstić information content (AvgIpc) is 2.92. The molecular formula is C20H21N3O2. The standard InChI is InChI=1S/C20H21N3O2/c1-4-25-18-12-10-16(11-13-18)21-14(2)19-15(3)22-23(20(19)24)17-8-6-5-7-9-17/h5-13,22H,4H2,1-3H3. The second-order valence-electron chi connectivity index (χ2n) is 5.71. The molecule has 0 saturated carbocycles. The Bertz CT molecular complexity index is 935. The Kier molecular flexibility index (Phi) is 4.84. The van der Waals surface area contributed by atoms with Crippen molar-refractivity contribution in [1.82, 2.24) is 9.78 Å². The van der Waals surface area contributed by atoms with Gasteiger partial charge in [0.25, 0.3) is 5.56 Å². The highest BCUT2D eigenvalue weighted by Gasteiger charge is 2.14. The predicted molar refractivity (Wildman–Crippen MR) is 101 cm³/mol. The summed E-state index contributed by atoms with van der Waals surface area (Å²) in [5.74, 6) is 0.809. The number of para-hydroxylation sites is 1. The first-order chi connectivity index (χ1) is 12.1. The lowest BCUT2D eigenvalue weighted by atomic mass is 10.1. The van der Waals surface area contributed by atoms with Gasteiger partial charge in [-0.1, -0.05) is 18.2 Å². The average molecular weight is 335 g/mol. The molecule has 1 aromatic heterocycles. The number of hydrogen-bond donors (Lipinski definition) is 1. The molecule has 25 heavy (non-hydrogen) atoms. The molecule has 3 aromatic rings. The molecule has 0 radical (unpaired) electrons. The zero-order valence-corrected chi connectivity index (χ0v) is 14.6. The largest absolute Gasteiger partial charge is 0.494 e. The molecule has 0 aliphatic heterocycles. The molecule has 2 aromatic carbocycles. The van der Waals surface area contributed by atoms with Crippen molar-refractivity contribution >= 4 is 11.4 Å². The number of nitrogens with zero attached hydrogens (tertiary/aromatic N) is 2. The summed E-state index contributed by atoms with van der Waals surface area (Å²) in [6, 6.07) is 17.0. The highest BCUT2D eigenvalue weighted by Crippen LogP contribution is 2.19. The van der Waals surface area contributed by atoms with E-state index in [1.54, 1.807) is 4.68 Å². The number of rotatable bonds is 5. The van der Waals surface area contributed by atoms with Gasteiger partial charge in [0, 0.05) is 5.69 Å². The summed E-state index contributed by atoms with van der Waals surface area (Å²) in [4.78, 5) is 17.4. The van der Waals surface area contributed by atoms with Gasteiger partial charge in [-0.2, -0.15) is 0 Å². The van der Waals surface area contributed by atoms with Crippen molar-refractivity contribution in [3.8, 4) is 11.4 Å². The molecule has 5 nitrogen and oxygen atoms in total. The summed E-state index contributed by atoms with van der Waals surface area (Å²) in [6.07, 6.45) is 0. The number of benzene rings is 2. The second kappa shape index (κ2) is 7.21. The first-order valence-corrected chi connectivity index (χ1v) is 8.25. The minimum Gasteiger partial charge on any atom is -0.494 e. The third-order valence-electron chi connectivity index (χ3n) is 3.89. The summed E-state index contributed by atoms with van der Waals surface area (Å²) in [7, 11) is 0. The van der Waals surface area contributed by atoms with Gasteiger partial charge in [0.05, 0.1) is 29.3 Å². The number of H-pyrrole nitrogens is 1. The highest BCUT2D eigenvalue weighted by atomic mass is 16.5. The molecule has 0 atom stereocenters. The van der Waals surface area contributed by atoms with E-state index in [-0.39, 0.29) is 5.56 Å². The van der Waals surface area contributed by atoms with Crippen LogP contribution in [0.25, 0.3) is 5.69 Å². The molecule has 1 heterocycles. The van der Waals surface area contributed by atoms with Gasteiger partial charge < -0.3 is 4.74 Å². The fraction of sp³-hybridized carbons (Fsp3) is 0.200. The summed E-state index contributed by atoms with van der Waals surface area (Å²) >= 11 is 0. The maximum absolute atomic E-state index is 12.8. The lowest BCUT2D eigenvalue weighted by Gasteiger charge is -2.03. The Hall–Kier alpha value is -3.08. The van der Waals surface area contributed by atoms with E-state index >= 15 is 0 Å². The van der Waals surface area contributed by atoms with Crippen molar-refractivity contribution in [2.45, 2.75) is 20.8 Å². The zero-order chi connectivity index (χ0) is 17.8. The van der Waals surface area contributed by atoms with Crippen molar-refractivity contribution in [1.29, 1.82) is 0 Å². The van der Waals surface area contributed by atoms with E-state index < -0.39 is 0 Å². The van der Waals surface area contributed by atoms with Crippen LogP contribution in [-0.2, 0) is 0 Å². The van der Waals surface area contributed by atoms with E-state index in [1.807, 2.05) is 75.4 Å². The van der Waals surface area contributed by atoms with Gasteiger partial charge in [0.15, 0.2) is 0 Å². The van der Waals surface area contributed by atoms with E-state index in [9.17, 15) is 4.79 Å². The van der Waals surface area contributed by atoms with E-state index in [1.165, 1.54) is 0 Å². The zero-order valence-electron chi connectivity index (χ0n) is 14.6. The Morgan fingerprint density at radius 3 is 2.44 bits per heavy atom. The van der Waals surface area contributed by atoms with Gasteiger partial charge in [-0.15, -0.1) is 0 Å². The van der Waals surface area contributed by atoms with Crippen molar-refractivity contribution < 1.29 is 4.74 Å². The van der Waals surface area contributed by atoms with E-state index in [0.29, 0.717) is 17.9 Å². The van der Waals surface area contributed by atoms with Gasteiger partial charge >= 0.3 is 0 Å². The third-order valence-corrected chi connectivity index (χ3v) is 3.89. The number of nitrogens with one attached hydrogen (secondary N) is 1. The molecule has 0 aliphatic carbocycles. The number of hydrogen-bond acceptors (Lipinski definition) is 3. The highest BCUT2D eigenvalue weighted by molar-refractivity contribution is 6.00. The molecule has 0 amide bonds. The van der Waals surface area contributed by atoms with Crippen LogP contribution in [0.2, 0.25) is 0 Å². The predicted octanol–water partition coefficient (Wildman–Crippen LogP) is 4.01. The smallest absolute Gasteiger partial charge is 0.280 e. The molecule has 1 N–H and O–H groups in total. The topological polar surface area (TPSA) is 59.4 Å². The Morgan fingerprint density at radius 1 is 1.12 bits per heavy atom. The molecule has 3 rings (SSSR count). The third kappa shape index (κ3) is 3.55. The summed E-state index contributed by atoms with van der Waals surface area (Å²) < 4.78 is 6.98. The van der Waals surface area contributed by atoms with Crippen LogP contribution in [-0.4, -0.2) is 22.1 Å². The van der Waals surface area contributed by atoms with Crippen molar-refractivity contribution in [3.63, 3.8) is 0 Å². The molecular weight excluding hydrogens is 314 g/mol. The molecule has 0 spiro atoms. The van der Waals surface area contributed by atoms with Crippen molar-refractivity contribution in [2.75, 3.05) is 6.61 Å². The van der Waals surface area contributed by atoms with Crippen LogP contribution in [0.15, 0.2) is 64.4 Å². The van der Waals surface area contributed by atoms with Gasteiger partial charge in [-0.25, -0.2) is 4.68 Å². The van der Waals surface area contributed by atoms with Gasteiger partial charge in [-0.3, -0.25) is 14.9 Å². The number of aliphatic imine (C=N–C) groups is 1. The van der Waals surface area contributed by atoms with Crippen molar-refractivity contribution in [3.05, 3.63) is 76.2 Å². The number of aromatic nitrogens is 2.